The largest absolute Gasteiger partial charge is 0.450 e. The lowest BCUT2D eigenvalue weighted by Crippen LogP contribution is -2.29. The van der Waals surface area contributed by atoms with Crippen molar-refractivity contribution in [3.8, 4) is 0 Å². The van der Waals surface area contributed by atoms with E-state index in [1.807, 2.05) is 0 Å². The molecule has 0 fully saturated rings. The number of benzene rings is 2. The Morgan fingerprint density at radius 2 is 1.94 bits per heavy atom. The first-order chi connectivity index (χ1) is 14.8. The fourth-order valence-corrected chi connectivity index (χ4v) is 4.69. The van der Waals surface area contributed by atoms with Crippen LogP contribution in [0.25, 0.3) is 11.0 Å². The van der Waals surface area contributed by atoms with E-state index in [0.29, 0.717) is 15.7 Å². The maximum atomic E-state index is 13.4. The van der Waals surface area contributed by atoms with Crippen molar-refractivity contribution in [2.45, 2.75) is 13.0 Å². The molecule has 0 N–H and O–H groups in total. The Bertz CT molecular complexity index is 1440. The van der Waals surface area contributed by atoms with Crippen molar-refractivity contribution >= 4 is 50.6 Å². The normalized spacial score (nSPS) is 15.5. The van der Waals surface area contributed by atoms with Crippen molar-refractivity contribution in [3.63, 3.8) is 0 Å². The zero-order valence-electron chi connectivity index (χ0n) is 15.9. The summed E-state index contributed by atoms with van der Waals surface area (Å²) in [4.78, 5) is 43.1. The Hall–Kier alpha value is -3.56. The number of anilines is 1. The van der Waals surface area contributed by atoms with Crippen LogP contribution in [-0.2, 0) is 0 Å². The van der Waals surface area contributed by atoms with E-state index in [1.165, 1.54) is 46.6 Å². The lowest BCUT2D eigenvalue weighted by atomic mass is 9.98. The summed E-state index contributed by atoms with van der Waals surface area (Å²) in [6, 6.07) is 9.51. The third-order valence-corrected chi connectivity index (χ3v) is 6.26. The van der Waals surface area contributed by atoms with Crippen LogP contribution in [0.3, 0.4) is 0 Å². The second kappa shape index (κ2) is 7.00. The molecule has 0 spiro atoms. The molecule has 1 amide bonds. The minimum atomic E-state index is -0.839. The molecule has 1 aliphatic heterocycles. The molecule has 0 aliphatic carbocycles. The molecule has 1 aliphatic rings. The van der Waals surface area contributed by atoms with Gasteiger partial charge in [-0.25, -0.2) is 4.98 Å². The first-order valence-corrected chi connectivity index (χ1v) is 10.4. The van der Waals surface area contributed by atoms with Gasteiger partial charge in [0.05, 0.1) is 27.6 Å². The number of nitro groups is 1. The molecule has 0 radical (unpaired) electrons. The molecule has 0 saturated heterocycles. The smallest absolute Gasteiger partial charge is 0.297 e. The lowest BCUT2D eigenvalue weighted by molar-refractivity contribution is -0.384. The number of aromatic nitrogens is 1. The minimum absolute atomic E-state index is 0.0731. The Labute approximate surface area is 183 Å². The highest BCUT2D eigenvalue weighted by Crippen LogP contribution is 2.42. The lowest BCUT2D eigenvalue weighted by Gasteiger charge is -2.22. The number of non-ortho nitro benzene ring substituents is 1. The van der Waals surface area contributed by atoms with Gasteiger partial charge < -0.3 is 4.42 Å². The Morgan fingerprint density at radius 3 is 2.58 bits per heavy atom. The van der Waals surface area contributed by atoms with Gasteiger partial charge >= 0.3 is 0 Å². The summed E-state index contributed by atoms with van der Waals surface area (Å²) in [5.41, 5.74) is 1.18. The summed E-state index contributed by atoms with van der Waals surface area (Å²) in [5, 5.41) is 13.9. The second-order valence-corrected chi connectivity index (χ2v) is 8.29. The van der Waals surface area contributed by atoms with Crippen LogP contribution in [0.4, 0.5) is 10.8 Å². The molecule has 3 heterocycles. The summed E-state index contributed by atoms with van der Waals surface area (Å²) in [6.07, 6.45) is 0. The van der Waals surface area contributed by atoms with Crippen LogP contribution >= 0.6 is 22.9 Å². The van der Waals surface area contributed by atoms with Gasteiger partial charge in [0.15, 0.2) is 10.6 Å². The summed E-state index contributed by atoms with van der Waals surface area (Å²) < 4.78 is 5.84. The molecule has 0 unspecified atom stereocenters. The average Bonchev–Trinajstić information content (AvgIpc) is 3.30. The molecule has 4 aromatic rings. The standard InChI is InChI=1S/C21H12ClN3O5S/c1-10-9-31-21(23-10)24-17(11-2-5-13(6-3-11)25(28)29)16-18(26)14-8-12(22)4-7-15(14)30-19(16)20(24)27/h2-9,17H,1H3/t17-/m1/s1. The molecule has 10 heteroatoms. The molecular formula is C21H12ClN3O5S. The zero-order valence-corrected chi connectivity index (χ0v) is 17.4. The van der Waals surface area contributed by atoms with Crippen molar-refractivity contribution in [3.05, 3.63) is 95.8 Å². The van der Waals surface area contributed by atoms with Gasteiger partial charge in [-0.3, -0.25) is 24.6 Å². The number of hydrogen-bond acceptors (Lipinski definition) is 7. The molecule has 0 bridgehead atoms. The van der Waals surface area contributed by atoms with E-state index in [2.05, 4.69) is 4.98 Å². The number of nitro benzene ring substituents is 1. The van der Waals surface area contributed by atoms with Gasteiger partial charge in [0, 0.05) is 22.5 Å². The Morgan fingerprint density at radius 1 is 1.19 bits per heavy atom. The van der Waals surface area contributed by atoms with Crippen molar-refractivity contribution in [1.82, 2.24) is 4.98 Å². The van der Waals surface area contributed by atoms with E-state index in [-0.39, 0.29) is 33.4 Å². The van der Waals surface area contributed by atoms with Gasteiger partial charge in [-0.15, -0.1) is 11.3 Å². The zero-order chi connectivity index (χ0) is 21.9. The molecule has 31 heavy (non-hydrogen) atoms. The Balaban J connectivity index is 1.79. The molecule has 2 aromatic heterocycles. The van der Waals surface area contributed by atoms with Gasteiger partial charge in [-0.05, 0) is 42.8 Å². The molecule has 1 atom stereocenters. The summed E-state index contributed by atoms with van der Waals surface area (Å²) >= 11 is 7.33. The molecule has 2 aromatic carbocycles. The van der Waals surface area contributed by atoms with Crippen LogP contribution < -0.4 is 10.3 Å². The first kappa shape index (κ1) is 19.4. The molecule has 8 nitrogen and oxygen atoms in total. The van der Waals surface area contributed by atoms with Crippen molar-refractivity contribution in [2.75, 3.05) is 4.90 Å². The number of hydrogen-bond donors (Lipinski definition) is 0. The van der Waals surface area contributed by atoms with Crippen LogP contribution in [0.1, 0.15) is 33.4 Å². The molecule has 154 valence electrons. The van der Waals surface area contributed by atoms with Crippen molar-refractivity contribution in [2.24, 2.45) is 0 Å². The SMILES string of the molecule is Cc1csc(N2C(=O)c3oc4ccc(Cl)cc4c(=O)c3[C@H]2c2ccc([N+](=O)[O-])cc2)n1. The molecular weight excluding hydrogens is 442 g/mol. The highest BCUT2D eigenvalue weighted by atomic mass is 35.5. The molecule has 0 saturated carbocycles. The number of fused-ring (bicyclic) bond motifs is 2. The third kappa shape index (κ3) is 3.01. The maximum Gasteiger partial charge on any atom is 0.297 e. The van der Waals surface area contributed by atoms with Gasteiger partial charge in [0.25, 0.3) is 11.6 Å². The number of halogens is 1. The van der Waals surface area contributed by atoms with E-state index in [4.69, 9.17) is 16.0 Å². The quantitative estimate of drug-likeness (QED) is 0.323. The predicted molar refractivity (Wildman–Crippen MR) is 116 cm³/mol. The number of thiazole rings is 1. The fourth-order valence-electron chi connectivity index (χ4n) is 3.69. The number of amides is 1. The van der Waals surface area contributed by atoms with Crippen LogP contribution in [0.2, 0.25) is 5.02 Å². The number of aryl methyl sites for hydroxylation is 1. The minimum Gasteiger partial charge on any atom is -0.450 e. The number of carbonyl (C=O) groups is 1. The monoisotopic (exact) mass is 453 g/mol. The van der Waals surface area contributed by atoms with Gasteiger partial charge in [-0.2, -0.15) is 0 Å². The third-order valence-electron chi connectivity index (χ3n) is 5.06. The van der Waals surface area contributed by atoms with Crippen LogP contribution in [0.15, 0.2) is 57.1 Å². The second-order valence-electron chi connectivity index (χ2n) is 7.01. The van der Waals surface area contributed by atoms with Crippen LogP contribution in [0, 0.1) is 17.0 Å². The van der Waals surface area contributed by atoms with E-state index in [0.717, 1.165) is 5.69 Å². The van der Waals surface area contributed by atoms with Crippen molar-refractivity contribution < 1.29 is 14.1 Å². The highest BCUT2D eigenvalue weighted by Gasteiger charge is 2.45. The summed E-state index contributed by atoms with van der Waals surface area (Å²) in [5.74, 6) is -0.572. The number of carbonyl (C=O) groups excluding carboxylic acids is 1. The van der Waals surface area contributed by atoms with Crippen molar-refractivity contribution in [1.29, 1.82) is 0 Å². The average molecular weight is 454 g/mol. The van der Waals surface area contributed by atoms with Gasteiger partial charge in [-0.1, -0.05) is 11.6 Å². The van der Waals surface area contributed by atoms with E-state index in [1.54, 1.807) is 24.4 Å². The number of nitrogens with zero attached hydrogens (tertiary/aromatic N) is 3. The van der Waals surface area contributed by atoms with Gasteiger partial charge in [0.1, 0.15) is 5.58 Å². The topological polar surface area (TPSA) is 107 Å². The van der Waals surface area contributed by atoms with Gasteiger partial charge in [0.2, 0.25) is 5.76 Å². The highest BCUT2D eigenvalue weighted by molar-refractivity contribution is 7.14. The maximum absolute atomic E-state index is 13.4. The van der Waals surface area contributed by atoms with Crippen LogP contribution in [0.5, 0.6) is 0 Å². The van der Waals surface area contributed by atoms with E-state index in [9.17, 15) is 19.7 Å². The predicted octanol–water partition coefficient (Wildman–Crippen LogP) is 4.87. The van der Waals surface area contributed by atoms with Crippen LogP contribution in [-0.4, -0.2) is 15.8 Å². The molecule has 5 rings (SSSR count). The Kier molecular flexibility index (Phi) is 4.38. The number of rotatable bonds is 3. The first-order valence-electron chi connectivity index (χ1n) is 9.11. The van der Waals surface area contributed by atoms with E-state index < -0.39 is 16.9 Å². The summed E-state index contributed by atoms with van der Waals surface area (Å²) in [7, 11) is 0. The van der Waals surface area contributed by atoms with E-state index >= 15 is 0 Å². The summed E-state index contributed by atoms with van der Waals surface area (Å²) in [6.45, 7) is 1.80. The fraction of sp³-hybridized carbons (Fsp3) is 0.0952.